The minimum atomic E-state index is 0.721. The third kappa shape index (κ3) is 1.79. The van der Waals surface area contributed by atoms with Crippen molar-refractivity contribution >= 4 is 34.1 Å². The van der Waals surface area contributed by atoms with Crippen LogP contribution < -0.4 is 0 Å². The highest BCUT2D eigenvalue weighted by atomic mass is 127. The molecule has 0 N–H and O–H groups in total. The Labute approximate surface area is 105 Å². The normalized spacial score (nSPS) is 14.2. The van der Waals surface area contributed by atoms with Crippen LogP contribution >= 0.6 is 34.1 Å². The number of fused-ring (bicyclic) bond motifs is 1. The zero-order valence-corrected chi connectivity index (χ0v) is 10.7. The van der Waals surface area contributed by atoms with Gasteiger partial charge in [0.05, 0.1) is 13.2 Å². The number of aromatic nitrogens is 2. The highest BCUT2D eigenvalue weighted by Gasteiger charge is 2.13. The first-order valence-electron chi connectivity index (χ1n) is 4.52. The maximum absolute atomic E-state index is 5.38. The number of nitrogens with zero attached hydrogens (tertiary/aromatic N) is 2. The van der Waals surface area contributed by atoms with Gasteiger partial charge in [-0.3, -0.25) is 0 Å². The van der Waals surface area contributed by atoms with Crippen molar-refractivity contribution in [2.45, 2.75) is 13.2 Å². The number of rotatable bonds is 1. The topological polar surface area (TPSA) is 35.0 Å². The molecule has 0 unspecified atom stereocenters. The van der Waals surface area contributed by atoms with Gasteiger partial charge in [0, 0.05) is 28.2 Å². The first kappa shape index (κ1) is 9.68. The molecule has 0 amide bonds. The molecule has 0 bridgehead atoms. The van der Waals surface area contributed by atoms with Gasteiger partial charge in [0.1, 0.15) is 5.01 Å². The van der Waals surface area contributed by atoms with Crippen LogP contribution in [-0.2, 0) is 18.0 Å². The van der Waals surface area contributed by atoms with E-state index in [9.17, 15) is 0 Å². The van der Waals surface area contributed by atoms with E-state index in [1.807, 2.05) is 0 Å². The molecule has 2 aromatic rings. The van der Waals surface area contributed by atoms with Gasteiger partial charge in [-0.15, -0.1) is 0 Å². The van der Waals surface area contributed by atoms with Crippen LogP contribution in [0.2, 0.25) is 0 Å². The fourth-order valence-corrected chi connectivity index (χ4v) is 2.89. The summed E-state index contributed by atoms with van der Waals surface area (Å²) in [6, 6.07) is 6.36. The van der Waals surface area contributed by atoms with E-state index in [0.29, 0.717) is 0 Å². The second kappa shape index (κ2) is 3.80. The standard InChI is InChI=1S/C10H7IN2OS/c11-10-12-9(15-13-10)6-1-2-7-4-14-5-8(7)3-6/h1-3H,4-5H2. The zero-order valence-electron chi connectivity index (χ0n) is 7.74. The Hall–Kier alpha value is -0.530. The number of hydrogen-bond donors (Lipinski definition) is 0. The molecule has 1 aromatic heterocycles. The van der Waals surface area contributed by atoms with Crippen molar-refractivity contribution in [3.63, 3.8) is 0 Å². The van der Waals surface area contributed by atoms with Crippen LogP contribution in [0.5, 0.6) is 0 Å². The molecule has 0 atom stereocenters. The smallest absolute Gasteiger partial charge is 0.203 e. The predicted molar refractivity (Wildman–Crippen MR) is 66.6 cm³/mol. The van der Waals surface area contributed by atoms with E-state index < -0.39 is 0 Å². The van der Waals surface area contributed by atoms with E-state index in [0.717, 1.165) is 27.6 Å². The lowest BCUT2D eigenvalue weighted by atomic mass is 10.1. The van der Waals surface area contributed by atoms with Gasteiger partial charge in [-0.2, -0.15) is 4.37 Å². The van der Waals surface area contributed by atoms with Crippen LogP contribution in [-0.4, -0.2) is 9.36 Å². The molecule has 76 valence electrons. The van der Waals surface area contributed by atoms with E-state index >= 15 is 0 Å². The van der Waals surface area contributed by atoms with Crippen molar-refractivity contribution in [2.24, 2.45) is 0 Å². The molecular weight excluding hydrogens is 323 g/mol. The second-order valence-corrected chi connectivity index (χ2v) is 5.06. The third-order valence-electron chi connectivity index (χ3n) is 2.37. The summed E-state index contributed by atoms with van der Waals surface area (Å²) in [5.41, 5.74) is 3.70. The van der Waals surface area contributed by atoms with Crippen LogP contribution in [0, 0.1) is 3.83 Å². The fourth-order valence-electron chi connectivity index (χ4n) is 1.63. The Morgan fingerprint density at radius 1 is 1.27 bits per heavy atom. The third-order valence-corrected chi connectivity index (χ3v) is 3.94. The average Bonchev–Trinajstić information content (AvgIpc) is 2.84. The van der Waals surface area contributed by atoms with Crippen LogP contribution in [0.25, 0.3) is 10.6 Å². The van der Waals surface area contributed by atoms with Crippen molar-refractivity contribution in [2.75, 3.05) is 0 Å². The Morgan fingerprint density at radius 2 is 2.13 bits per heavy atom. The van der Waals surface area contributed by atoms with Crippen LogP contribution in [0.3, 0.4) is 0 Å². The summed E-state index contributed by atoms with van der Waals surface area (Å²) in [7, 11) is 0. The van der Waals surface area contributed by atoms with Gasteiger partial charge in [-0.1, -0.05) is 12.1 Å². The Balaban J connectivity index is 2.06. The second-order valence-electron chi connectivity index (χ2n) is 3.34. The van der Waals surface area contributed by atoms with E-state index in [-0.39, 0.29) is 0 Å². The summed E-state index contributed by atoms with van der Waals surface area (Å²) in [4.78, 5) is 4.36. The molecule has 0 fully saturated rings. The monoisotopic (exact) mass is 330 g/mol. The van der Waals surface area contributed by atoms with Gasteiger partial charge in [0.15, 0.2) is 0 Å². The van der Waals surface area contributed by atoms with Crippen molar-refractivity contribution in [1.29, 1.82) is 0 Å². The van der Waals surface area contributed by atoms with E-state index in [4.69, 9.17) is 4.74 Å². The number of halogens is 1. The molecule has 3 nitrogen and oxygen atoms in total. The SMILES string of the molecule is Ic1nsc(-c2ccc3c(c2)COC3)n1. The quantitative estimate of drug-likeness (QED) is 0.754. The first-order chi connectivity index (χ1) is 7.33. The summed E-state index contributed by atoms with van der Waals surface area (Å²) in [5.74, 6) is 0. The van der Waals surface area contributed by atoms with E-state index in [1.165, 1.54) is 22.7 Å². The predicted octanol–water partition coefficient (Wildman–Crippen LogP) is 2.84. The minimum absolute atomic E-state index is 0.721. The molecule has 1 aromatic carbocycles. The summed E-state index contributed by atoms with van der Waals surface area (Å²) < 4.78 is 10.4. The zero-order chi connectivity index (χ0) is 10.3. The van der Waals surface area contributed by atoms with Gasteiger partial charge in [0.25, 0.3) is 0 Å². The van der Waals surface area contributed by atoms with Crippen molar-refractivity contribution in [3.05, 3.63) is 33.2 Å². The van der Waals surface area contributed by atoms with Gasteiger partial charge in [0.2, 0.25) is 3.83 Å². The van der Waals surface area contributed by atoms with Gasteiger partial charge in [-0.25, -0.2) is 4.98 Å². The molecule has 0 radical (unpaired) electrons. The van der Waals surface area contributed by atoms with Gasteiger partial charge >= 0.3 is 0 Å². The highest BCUT2D eigenvalue weighted by Crippen LogP contribution is 2.27. The van der Waals surface area contributed by atoms with E-state index in [2.05, 4.69) is 50.1 Å². The Bertz CT molecular complexity index is 512. The molecule has 5 heteroatoms. The van der Waals surface area contributed by atoms with Crippen molar-refractivity contribution < 1.29 is 4.74 Å². The van der Waals surface area contributed by atoms with Gasteiger partial charge in [-0.05, 0) is 28.7 Å². The summed E-state index contributed by atoms with van der Waals surface area (Å²) >= 11 is 3.57. The molecule has 0 saturated carbocycles. The first-order valence-corrected chi connectivity index (χ1v) is 6.37. The minimum Gasteiger partial charge on any atom is -0.372 e. The maximum atomic E-state index is 5.38. The van der Waals surface area contributed by atoms with Crippen LogP contribution in [0.15, 0.2) is 18.2 Å². The number of hydrogen-bond acceptors (Lipinski definition) is 4. The number of benzene rings is 1. The Morgan fingerprint density at radius 3 is 2.93 bits per heavy atom. The molecule has 0 saturated heterocycles. The Kier molecular flexibility index (Phi) is 2.45. The number of ether oxygens (including phenoxy) is 1. The summed E-state index contributed by atoms with van der Waals surface area (Å²) in [5, 5.41) is 0.981. The fraction of sp³-hybridized carbons (Fsp3) is 0.200. The van der Waals surface area contributed by atoms with Gasteiger partial charge < -0.3 is 4.74 Å². The van der Waals surface area contributed by atoms with E-state index in [1.54, 1.807) is 0 Å². The maximum Gasteiger partial charge on any atom is 0.203 e. The molecule has 1 aliphatic rings. The molecule has 0 aliphatic carbocycles. The molecule has 2 heterocycles. The van der Waals surface area contributed by atoms with Crippen molar-refractivity contribution in [1.82, 2.24) is 9.36 Å². The lowest BCUT2D eigenvalue weighted by Gasteiger charge is -1.99. The summed E-state index contributed by atoms with van der Waals surface area (Å²) in [6.45, 7) is 1.46. The molecule has 3 rings (SSSR count). The lowest BCUT2D eigenvalue weighted by Crippen LogP contribution is -1.84. The van der Waals surface area contributed by atoms with Crippen LogP contribution in [0.4, 0.5) is 0 Å². The lowest BCUT2D eigenvalue weighted by molar-refractivity contribution is 0.134. The highest BCUT2D eigenvalue weighted by molar-refractivity contribution is 14.1. The molecular formula is C10H7IN2OS. The van der Waals surface area contributed by atoms with Crippen molar-refractivity contribution in [3.8, 4) is 10.6 Å². The van der Waals surface area contributed by atoms with Crippen LogP contribution in [0.1, 0.15) is 11.1 Å². The molecule has 1 aliphatic heterocycles. The average molecular weight is 330 g/mol. The molecule has 0 spiro atoms. The summed E-state index contributed by atoms with van der Waals surface area (Å²) in [6.07, 6.45) is 0. The largest absolute Gasteiger partial charge is 0.372 e. The molecule has 15 heavy (non-hydrogen) atoms.